The van der Waals surface area contributed by atoms with Crippen molar-refractivity contribution in [1.82, 2.24) is 0 Å². The number of carbonyl (C=O) groups excluding carboxylic acids is 3. The van der Waals surface area contributed by atoms with Gasteiger partial charge in [-0.3, -0.25) is 14.4 Å². The number of hydrogen-bond donors (Lipinski definition) is 0. The second kappa shape index (κ2) is 46.9. The highest BCUT2D eigenvalue weighted by Gasteiger charge is 2.19. The molecule has 6 nitrogen and oxygen atoms in total. The van der Waals surface area contributed by atoms with Crippen molar-refractivity contribution in [3.63, 3.8) is 0 Å². The SMILES string of the molecule is CCCCCCCCCCCCCCCC(=O)O[C@H](COC(=O)CCCCCCCCCCCCCCCCCC(C)C)COC(=O)CCCCCCCCCCC(C)C. The second-order valence-corrected chi connectivity index (χ2v) is 19.5. The minimum Gasteiger partial charge on any atom is -0.462 e. The largest absolute Gasteiger partial charge is 0.462 e. The summed E-state index contributed by atoms with van der Waals surface area (Å²) in [5.74, 6) is 0.799. The first kappa shape index (κ1) is 58.4. The molecule has 0 aliphatic carbocycles. The summed E-state index contributed by atoms with van der Waals surface area (Å²) >= 11 is 0. The van der Waals surface area contributed by atoms with Crippen molar-refractivity contribution in [2.75, 3.05) is 13.2 Å². The molecule has 0 aromatic heterocycles. The van der Waals surface area contributed by atoms with Crippen molar-refractivity contribution in [2.45, 2.75) is 304 Å². The summed E-state index contributed by atoms with van der Waals surface area (Å²) in [5, 5.41) is 0. The molecule has 0 bridgehead atoms. The van der Waals surface area contributed by atoms with Crippen LogP contribution in [0.3, 0.4) is 0 Å². The van der Waals surface area contributed by atoms with E-state index >= 15 is 0 Å². The van der Waals surface area contributed by atoms with Gasteiger partial charge in [0.15, 0.2) is 6.10 Å². The van der Waals surface area contributed by atoms with Crippen LogP contribution in [0.15, 0.2) is 0 Å². The molecular weight excluding hydrogens is 745 g/mol. The highest BCUT2D eigenvalue weighted by Crippen LogP contribution is 2.17. The molecule has 0 aromatic carbocycles. The zero-order valence-corrected chi connectivity index (χ0v) is 41.1. The Labute approximate surface area is 374 Å². The van der Waals surface area contributed by atoms with Crippen LogP contribution in [0.4, 0.5) is 0 Å². The van der Waals surface area contributed by atoms with Gasteiger partial charge in [0.1, 0.15) is 13.2 Å². The van der Waals surface area contributed by atoms with Crippen LogP contribution in [0.2, 0.25) is 0 Å². The molecule has 60 heavy (non-hydrogen) atoms. The Hall–Kier alpha value is -1.59. The lowest BCUT2D eigenvalue weighted by atomic mass is 10.0. The lowest BCUT2D eigenvalue weighted by Gasteiger charge is -2.18. The standard InChI is InChI=1S/C54H104O6/c1-6-7-8-9-10-11-12-16-21-24-31-36-41-46-54(57)60-51(48-59-53(56)45-40-35-30-26-25-28-33-38-43-50(4)5)47-58-52(55)44-39-34-29-23-20-18-15-13-14-17-19-22-27-32-37-42-49(2)3/h49-51H,6-48H2,1-5H3/t51-/m1/s1. The molecule has 0 aromatic rings. The van der Waals surface area contributed by atoms with Crippen LogP contribution in [-0.2, 0) is 28.6 Å². The Morgan fingerprint density at radius 2 is 0.550 bits per heavy atom. The third kappa shape index (κ3) is 47.5. The summed E-state index contributed by atoms with van der Waals surface area (Å²) < 4.78 is 16.8. The molecule has 6 heteroatoms. The van der Waals surface area contributed by atoms with Gasteiger partial charge in [-0.15, -0.1) is 0 Å². The van der Waals surface area contributed by atoms with E-state index < -0.39 is 6.10 Å². The van der Waals surface area contributed by atoms with Crippen LogP contribution in [0.1, 0.15) is 298 Å². The Morgan fingerprint density at radius 1 is 0.317 bits per heavy atom. The molecule has 0 spiro atoms. The fraction of sp³-hybridized carbons (Fsp3) is 0.944. The maximum Gasteiger partial charge on any atom is 0.306 e. The average Bonchev–Trinajstić information content (AvgIpc) is 3.22. The molecule has 0 heterocycles. The molecule has 0 radical (unpaired) electrons. The minimum absolute atomic E-state index is 0.0636. The summed E-state index contributed by atoms with van der Waals surface area (Å²) in [4.78, 5) is 38.0. The quantitative estimate of drug-likeness (QED) is 0.0345. The van der Waals surface area contributed by atoms with Crippen LogP contribution < -0.4 is 0 Å². The van der Waals surface area contributed by atoms with E-state index in [0.717, 1.165) is 69.6 Å². The predicted octanol–water partition coefficient (Wildman–Crippen LogP) is 17.3. The second-order valence-electron chi connectivity index (χ2n) is 19.5. The lowest BCUT2D eigenvalue weighted by Crippen LogP contribution is -2.30. The monoisotopic (exact) mass is 849 g/mol. The fourth-order valence-electron chi connectivity index (χ4n) is 8.17. The first-order chi connectivity index (χ1) is 29.2. The minimum atomic E-state index is -0.761. The fourth-order valence-corrected chi connectivity index (χ4v) is 8.17. The normalized spacial score (nSPS) is 12.1. The van der Waals surface area contributed by atoms with Crippen molar-refractivity contribution in [2.24, 2.45) is 11.8 Å². The zero-order valence-electron chi connectivity index (χ0n) is 41.1. The van der Waals surface area contributed by atoms with Gasteiger partial charge >= 0.3 is 17.9 Å². The average molecular weight is 849 g/mol. The first-order valence-corrected chi connectivity index (χ1v) is 26.7. The Morgan fingerprint density at radius 3 is 0.817 bits per heavy atom. The molecule has 0 N–H and O–H groups in total. The van der Waals surface area contributed by atoms with E-state index in [0.29, 0.717) is 19.3 Å². The number of carbonyl (C=O) groups is 3. The van der Waals surface area contributed by atoms with E-state index in [-0.39, 0.29) is 31.1 Å². The van der Waals surface area contributed by atoms with E-state index in [1.165, 1.54) is 186 Å². The van der Waals surface area contributed by atoms with Crippen molar-refractivity contribution in [1.29, 1.82) is 0 Å². The van der Waals surface area contributed by atoms with Crippen molar-refractivity contribution in [3.8, 4) is 0 Å². The highest BCUT2D eigenvalue weighted by atomic mass is 16.6. The van der Waals surface area contributed by atoms with Crippen molar-refractivity contribution < 1.29 is 28.6 Å². The molecule has 0 fully saturated rings. The third-order valence-electron chi connectivity index (χ3n) is 12.2. The molecule has 0 amide bonds. The smallest absolute Gasteiger partial charge is 0.306 e. The highest BCUT2D eigenvalue weighted by molar-refractivity contribution is 5.71. The maximum atomic E-state index is 12.8. The summed E-state index contributed by atoms with van der Waals surface area (Å²) in [5.41, 5.74) is 0. The van der Waals surface area contributed by atoms with E-state index in [9.17, 15) is 14.4 Å². The molecule has 356 valence electrons. The molecule has 1 atom stereocenters. The first-order valence-electron chi connectivity index (χ1n) is 26.7. The maximum absolute atomic E-state index is 12.8. The topological polar surface area (TPSA) is 78.9 Å². The number of esters is 3. The van der Waals surface area contributed by atoms with E-state index in [1.54, 1.807) is 0 Å². The molecule has 0 aliphatic heterocycles. The van der Waals surface area contributed by atoms with Gasteiger partial charge in [0.25, 0.3) is 0 Å². The molecular formula is C54H104O6. The number of hydrogen-bond acceptors (Lipinski definition) is 6. The van der Waals surface area contributed by atoms with E-state index in [4.69, 9.17) is 14.2 Å². The van der Waals surface area contributed by atoms with Crippen LogP contribution in [0.5, 0.6) is 0 Å². The van der Waals surface area contributed by atoms with Gasteiger partial charge in [-0.2, -0.15) is 0 Å². The van der Waals surface area contributed by atoms with Gasteiger partial charge < -0.3 is 14.2 Å². The van der Waals surface area contributed by atoms with Gasteiger partial charge in [-0.1, -0.05) is 259 Å². The predicted molar refractivity (Wildman–Crippen MR) is 256 cm³/mol. The number of rotatable bonds is 48. The summed E-state index contributed by atoms with van der Waals surface area (Å²) in [6.45, 7) is 11.4. The van der Waals surface area contributed by atoms with E-state index in [2.05, 4.69) is 34.6 Å². The number of ether oxygens (including phenoxy) is 3. The summed E-state index contributed by atoms with van der Waals surface area (Å²) in [7, 11) is 0. The molecule has 0 saturated carbocycles. The van der Waals surface area contributed by atoms with Crippen LogP contribution in [-0.4, -0.2) is 37.2 Å². The van der Waals surface area contributed by atoms with Gasteiger partial charge in [0, 0.05) is 19.3 Å². The van der Waals surface area contributed by atoms with Gasteiger partial charge in [0.2, 0.25) is 0 Å². The molecule has 0 rings (SSSR count). The third-order valence-corrected chi connectivity index (χ3v) is 12.2. The Kier molecular flexibility index (Phi) is 45.7. The van der Waals surface area contributed by atoms with Gasteiger partial charge in [0.05, 0.1) is 0 Å². The van der Waals surface area contributed by atoms with Crippen molar-refractivity contribution in [3.05, 3.63) is 0 Å². The lowest BCUT2D eigenvalue weighted by molar-refractivity contribution is -0.167. The van der Waals surface area contributed by atoms with Crippen LogP contribution in [0.25, 0.3) is 0 Å². The summed E-state index contributed by atoms with van der Waals surface area (Å²) in [6.07, 6.45) is 48.1. The van der Waals surface area contributed by atoms with Crippen molar-refractivity contribution >= 4 is 17.9 Å². The number of unbranched alkanes of at least 4 members (excludes halogenated alkanes) is 33. The Balaban J connectivity index is 4.26. The molecule has 0 saturated heterocycles. The van der Waals surface area contributed by atoms with E-state index in [1.807, 2.05) is 0 Å². The van der Waals surface area contributed by atoms with Gasteiger partial charge in [-0.25, -0.2) is 0 Å². The van der Waals surface area contributed by atoms with Crippen LogP contribution in [0, 0.1) is 11.8 Å². The van der Waals surface area contributed by atoms with Gasteiger partial charge in [-0.05, 0) is 31.1 Å². The van der Waals surface area contributed by atoms with Crippen LogP contribution >= 0.6 is 0 Å². The molecule has 0 unspecified atom stereocenters. The summed E-state index contributed by atoms with van der Waals surface area (Å²) in [6, 6.07) is 0. The molecule has 0 aliphatic rings. The zero-order chi connectivity index (χ0) is 44.0. The Bertz CT molecular complexity index is 916.